The molecule has 1 saturated heterocycles. The minimum atomic E-state index is -1.25. The SMILES string of the molecule is CN(CC(=O)NN1C(=O)N[C@@](C)(c2ccccc2)C1=O)Cc1cccc(F)c1. The Hall–Kier alpha value is -3.26. The smallest absolute Gasteiger partial charge is 0.318 e. The third kappa shape index (κ3) is 4.01. The van der Waals surface area contributed by atoms with Crippen LogP contribution in [-0.2, 0) is 21.7 Å². The summed E-state index contributed by atoms with van der Waals surface area (Å²) < 4.78 is 13.3. The summed E-state index contributed by atoms with van der Waals surface area (Å²) in [5, 5.41) is 3.32. The van der Waals surface area contributed by atoms with Crippen LogP contribution in [0.15, 0.2) is 54.6 Å². The van der Waals surface area contributed by atoms with E-state index in [0.29, 0.717) is 22.7 Å². The number of imide groups is 1. The first-order chi connectivity index (χ1) is 13.3. The Morgan fingerprint density at radius 3 is 2.57 bits per heavy atom. The minimum absolute atomic E-state index is 0.0738. The number of carbonyl (C=O) groups excluding carboxylic acids is 3. The number of rotatable bonds is 6. The van der Waals surface area contributed by atoms with Gasteiger partial charge in [0.15, 0.2) is 0 Å². The predicted octanol–water partition coefficient (Wildman–Crippen LogP) is 1.76. The Kier molecular flexibility index (Phi) is 5.41. The fraction of sp³-hybridized carbons (Fsp3) is 0.250. The molecular formula is C20H21FN4O3. The Bertz CT molecular complexity index is 905. The summed E-state index contributed by atoms with van der Waals surface area (Å²) in [6.07, 6.45) is 0. The summed E-state index contributed by atoms with van der Waals surface area (Å²) in [4.78, 5) is 39.0. The summed E-state index contributed by atoms with van der Waals surface area (Å²) in [6.45, 7) is 1.85. The highest BCUT2D eigenvalue weighted by atomic mass is 19.1. The molecule has 0 saturated carbocycles. The minimum Gasteiger partial charge on any atom is -0.318 e. The second-order valence-corrected chi connectivity index (χ2v) is 6.90. The number of hydrogen-bond donors (Lipinski definition) is 2. The van der Waals surface area contributed by atoms with Crippen molar-refractivity contribution >= 4 is 17.8 Å². The maximum atomic E-state index is 13.3. The summed E-state index contributed by atoms with van der Waals surface area (Å²) in [5.74, 6) is -1.44. The van der Waals surface area contributed by atoms with E-state index in [4.69, 9.17) is 0 Å². The van der Waals surface area contributed by atoms with Gasteiger partial charge in [-0.1, -0.05) is 42.5 Å². The van der Waals surface area contributed by atoms with Crippen molar-refractivity contribution in [3.05, 3.63) is 71.5 Å². The maximum absolute atomic E-state index is 13.3. The molecule has 1 aliphatic rings. The van der Waals surface area contributed by atoms with E-state index in [-0.39, 0.29) is 12.4 Å². The zero-order valence-electron chi connectivity index (χ0n) is 15.6. The fourth-order valence-electron chi connectivity index (χ4n) is 3.12. The van der Waals surface area contributed by atoms with E-state index < -0.39 is 23.4 Å². The lowest BCUT2D eigenvalue weighted by atomic mass is 9.92. The van der Waals surface area contributed by atoms with Gasteiger partial charge < -0.3 is 5.32 Å². The molecule has 2 aromatic carbocycles. The first-order valence-corrected chi connectivity index (χ1v) is 8.74. The number of likely N-dealkylation sites (N-methyl/N-ethyl adjacent to an activating group) is 1. The van der Waals surface area contributed by atoms with Gasteiger partial charge in [0.2, 0.25) is 0 Å². The van der Waals surface area contributed by atoms with Gasteiger partial charge in [-0.3, -0.25) is 19.9 Å². The van der Waals surface area contributed by atoms with Crippen molar-refractivity contribution in [2.45, 2.75) is 19.0 Å². The zero-order chi connectivity index (χ0) is 20.3. The highest BCUT2D eigenvalue weighted by molar-refractivity contribution is 6.08. The zero-order valence-corrected chi connectivity index (χ0v) is 15.6. The lowest BCUT2D eigenvalue weighted by Gasteiger charge is -2.22. The normalized spacial score (nSPS) is 19.1. The van der Waals surface area contributed by atoms with Crippen LogP contribution in [-0.4, -0.2) is 41.3 Å². The van der Waals surface area contributed by atoms with Crippen LogP contribution in [0.4, 0.5) is 9.18 Å². The average molecular weight is 384 g/mol. The monoisotopic (exact) mass is 384 g/mol. The number of hydrogen-bond acceptors (Lipinski definition) is 4. The van der Waals surface area contributed by atoms with Gasteiger partial charge in [-0.15, -0.1) is 0 Å². The molecule has 1 fully saturated rings. The summed E-state index contributed by atoms with van der Waals surface area (Å²) in [7, 11) is 1.68. The van der Waals surface area contributed by atoms with Crippen molar-refractivity contribution in [3.63, 3.8) is 0 Å². The molecule has 0 spiro atoms. The number of amides is 4. The van der Waals surface area contributed by atoms with Gasteiger partial charge in [-0.2, -0.15) is 5.01 Å². The molecule has 8 heteroatoms. The van der Waals surface area contributed by atoms with Gasteiger partial charge in [0.05, 0.1) is 6.54 Å². The van der Waals surface area contributed by atoms with E-state index in [1.165, 1.54) is 12.1 Å². The van der Waals surface area contributed by atoms with Gasteiger partial charge in [-0.25, -0.2) is 9.18 Å². The van der Waals surface area contributed by atoms with Crippen LogP contribution in [0.3, 0.4) is 0 Å². The van der Waals surface area contributed by atoms with E-state index in [0.717, 1.165) is 0 Å². The Morgan fingerprint density at radius 2 is 1.89 bits per heavy atom. The average Bonchev–Trinajstić information content (AvgIpc) is 2.86. The Morgan fingerprint density at radius 1 is 1.18 bits per heavy atom. The summed E-state index contributed by atoms with van der Waals surface area (Å²) >= 11 is 0. The number of halogens is 1. The topological polar surface area (TPSA) is 81.8 Å². The quantitative estimate of drug-likeness (QED) is 0.744. The Labute approximate surface area is 162 Å². The van der Waals surface area contributed by atoms with E-state index in [9.17, 15) is 18.8 Å². The van der Waals surface area contributed by atoms with Crippen LogP contribution < -0.4 is 10.7 Å². The number of benzene rings is 2. The number of urea groups is 1. The summed E-state index contributed by atoms with van der Waals surface area (Å²) in [6, 6.07) is 14.2. The molecule has 4 amide bonds. The van der Waals surface area contributed by atoms with Crippen molar-refractivity contribution < 1.29 is 18.8 Å². The molecule has 146 valence electrons. The van der Waals surface area contributed by atoms with E-state index in [1.807, 2.05) is 6.07 Å². The van der Waals surface area contributed by atoms with Crippen molar-refractivity contribution in [2.75, 3.05) is 13.6 Å². The molecule has 0 aromatic heterocycles. The Balaban J connectivity index is 1.62. The molecular weight excluding hydrogens is 363 g/mol. The number of nitrogens with one attached hydrogen (secondary N) is 2. The van der Waals surface area contributed by atoms with Crippen LogP contribution >= 0.6 is 0 Å². The molecule has 0 radical (unpaired) electrons. The molecule has 1 heterocycles. The second kappa shape index (κ2) is 7.77. The van der Waals surface area contributed by atoms with Crippen molar-refractivity contribution in [3.8, 4) is 0 Å². The number of hydrazine groups is 1. The maximum Gasteiger partial charge on any atom is 0.344 e. The second-order valence-electron chi connectivity index (χ2n) is 6.90. The molecule has 1 atom stereocenters. The molecule has 3 rings (SSSR count). The third-order valence-corrected chi connectivity index (χ3v) is 4.53. The first kappa shape index (κ1) is 19.5. The highest BCUT2D eigenvalue weighted by Crippen LogP contribution is 2.27. The van der Waals surface area contributed by atoms with E-state index >= 15 is 0 Å². The molecule has 0 bridgehead atoms. The van der Waals surface area contributed by atoms with E-state index in [1.54, 1.807) is 55.3 Å². The largest absolute Gasteiger partial charge is 0.344 e. The van der Waals surface area contributed by atoms with Crippen LogP contribution in [0, 0.1) is 5.82 Å². The highest BCUT2D eigenvalue weighted by Gasteiger charge is 2.49. The molecule has 0 aliphatic carbocycles. The molecule has 1 aliphatic heterocycles. The van der Waals surface area contributed by atoms with Gasteiger partial charge in [-0.05, 0) is 37.2 Å². The van der Waals surface area contributed by atoms with Crippen LogP contribution in [0.1, 0.15) is 18.1 Å². The van der Waals surface area contributed by atoms with Crippen molar-refractivity contribution in [1.29, 1.82) is 0 Å². The van der Waals surface area contributed by atoms with Crippen LogP contribution in [0.2, 0.25) is 0 Å². The van der Waals surface area contributed by atoms with Gasteiger partial charge in [0, 0.05) is 6.54 Å². The fourth-order valence-corrected chi connectivity index (χ4v) is 3.12. The third-order valence-electron chi connectivity index (χ3n) is 4.53. The first-order valence-electron chi connectivity index (χ1n) is 8.74. The van der Waals surface area contributed by atoms with Crippen LogP contribution in [0.25, 0.3) is 0 Å². The lowest BCUT2D eigenvalue weighted by Crippen LogP contribution is -2.50. The number of nitrogens with zero attached hydrogens (tertiary/aromatic N) is 2. The lowest BCUT2D eigenvalue weighted by molar-refractivity contribution is -0.139. The van der Waals surface area contributed by atoms with Crippen LogP contribution in [0.5, 0.6) is 0 Å². The predicted molar refractivity (Wildman–Crippen MR) is 100 cm³/mol. The molecule has 0 unspecified atom stereocenters. The van der Waals surface area contributed by atoms with E-state index in [2.05, 4.69) is 10.7 Å². The molecule has 2 aromatic rings. The standard InChI is InChI=1S/C20H21FN4O3/c1-20(15-8-4-3-5-9-15)18(27)25(19(28)22-20)23-17(26)13-24(2)12-14-7-6-10-16(21)11-14/h3-11H,12-13H2,1-2H3,(H,22,28)(H,23,26)/t20-/m0/s1. The van der Waals surface area contributed by atoms with Gasteiger partial charge in [0.25, 0.3) is 11.8 Å². The number of carbonyl (C=O) groups is 3. The van der Waals surface area contributed by atoms with Gasteiger partial charge in [0.1, 0.15) is 11.4 Å². The van der Waals surface area contributed by atoms with Crippen molar-refractivity contribution in [1.82, 2.24) is 20.7 Å². The molecule has 7 nitrogen and oxygen atoms in total. The summed E-state index contributed by atoms with van der Waals surface area (Å²) in [5.41, 5.74) is 2.43. The van der Waals surface area contributed by atoms with Crippen molar-refractivity contribution in [2.24, 2.45) is 0 Å². The van der Waals surface area contributed by atoms with Gasteiger partial charge >= 0.3 is 6.03 Å². The molecule has 2 N–H and O–H groups in total. The molecule has 28 heavy (non-hydrogen) atoms.